The maximum atomic E-state index is 5.91. The molecule has 0 radical (unpaired) electrons. The molecule has 0 aliphatic heterocycles. The Labute approximate surface area is 177 Å². The molecule has 0 spiro atoms. The fourth-order valence-corrected chi connectivity index (χ4v) is 3.04. The standard InChI is InChI=1S/C26H29N.C2H6/c1-6-10-21(7-2)13-14-22(8-3)26-16-15-24(17-19(26)4)20(5)23-11-9-12-25(27)18-23;1-2/h6-18H,5,27H2,1-4H3;1-2H3/b10-6-,14-13+,21-7+,22-8-;. The van der Waals surface area contributed by atoms with Gasteiger partial charge in [0.1, 0.15) is 0 Å². The molecule has 2 aromatic carbocycles. The van der Waals surface area contributed by atoms with Crippen LogP contribution in [0.15, 0.2) is 91.1 Å². The molecular weight excluding hydrogens is 350 g/mol. The first kappa shape index (κ1) is 24.0. The first-order chi connectivity index (χ1) is 14.0. The second-order valence-electron chi connectivity index (χ2n) is 6.50. The first-order valence-electron chi connectivity index (χ1n) is 10.3. The van der Waals surface area contributed by atoms with Gasteiger partial charge in [-0.3, -0.25) is 0 Å². The lowest BCUT2D eigenvalue weighted by Gasteiger charge is -2.12. The monoisotopic (exact) mass is 385 g/mol. The molecule has 1 nitrogen and oxygen atoms in total. The van der Waals surface area contributed by atoms with Crippen LogP contribution in [0.2, 0.25) is 0 Å². The zero-order valence-corrected chi connectivity index (χ0v) is 18.8. The fraction of sp³-hybridized carbons (Fsp3) is 0.214. The summed E-state index contributed by atoms with van der Waals surface area (Å²) >= 11 is 0. The third-order valence-corrected chi connectivity index (χ3v) is 4.58. The number of nitrogens with two attached hydrogens (primary N) is 1. The summed E-state index contributed by atoms with van der Waals surface area (Å²) in [6.45, 7) is 16.6. The highest BCUT2D eigenvalue weighted by molar-refractivity contribution is 5.82. The summed E-state index contributed by atoms with van der Waals surface area (Å²) in [5, 5.41) is 0. The summed E-state index contributed by atoms with van der Waals surface area (Å²) in [5.41, 5.74) is 14.7. The molecule has 152 valence electrons. The Morgan fingerprint density at radius 1 is 0.862 bits per heavy atom. The molecule has 0 atom stereocenters. The van der Waals surface area contributed by atoms with Crippen LogP contribution in [0.1, 0.15) is 56.9 Å². The van der Waals surface area contributed by atoms with Crippen molar-refractivity contribution in [2.45, 2.75) is 41.5 Å². The first-order valence-corrected chi connectivity index (χ1v) is 10.3. The fourth-order valence-electron chi connectivity index (χ4n) is 3.04. The number of nitrogen functional groups attached to an aromatic ring is 1. The van der Waals surface area contributed by atoms with Gasteiger partial charge in [-0.25, -0.2) is 0 Å². The smallest absolute Gasteiger partial charge is 0.0320 e. The Balaban J connectivity index is 0.00000204. The van der Waals surface area contributed by atoms with E-state index in [1.165, 1.54) is 22.3 Å². The number of benzene rings is 2. The van der Waals surface area contributed by atoms with Crippen molar-refractivity contribution in [1.82, 2.24) is 0 Å². The van der Waals surface area contributed by atoms with Crippen molar-refractivity contribution in [3.8, 4) is 0 Å². The molecule has 0 heterocycles. The zero-order chi connectivity index (χ0) is 21.8. The van der Waals surface area contributed by atoms with Crippen LogP contribution in [0.3, 0.4) is 0 Å². The van der Waals surface area contributed by atoms with Crippen molar-refractivity contribution >= 4 is 16.8 Å². The van der Waals surface area contributed by atoms with Crippen LogP contribution < -0.4 is 5.73 Å². The lowest BCUT2D eigenvalue weighted by molar-refractivity contribution is 1.40. The van der Waals surface area contributed by atoms with Crippen molar-refractivity contribution < 1.29 is 0 Å². The summed E-state index contributed by atoms with van der Waals surface area (Å²) in [6.07, 6.45) is 12.7. The second kappa shape index (κ2) is 12.4. The molecule has 0 aromatic heterocycles. The van der Waals surface area contributed by atoms with Crippen LogP contribution >= 0.6 is 0 Å². The van der Waals surface area contributed by atoms with Gasteiger partial charge in [0.25, 0.3) is 0 Å². The maximum absolute atomic E-state index is 5.91. The van der Waals surface area contributed by atoms with Gasteiger partial charge in [0.2, 0.25) is 0 Å². The van der Waals surface area contributed by atoms with Crippen molar-refractivity contribution in [2.24, 2.45) is 0 Å². The molecule has 0 saturated carbocycles. The average molecular weight is 386 g/mol. The van der Waals surface area contributed by atoms with E-state index < -0.39 is 0 Å². The van der Waals surface area contributed by atoms with Gasteiger partial charge in [-0.2, -0.15) is 0 Å². The van der Waals surface area contributed by atoms with Crippen LogP contribution in [0.5, 0.6) is 0 Å². The summed E-state index contributed by atoms with van der Waals surface area (Å²) in [4.78, 5) is 0. The largest absolute Gasteiger partial charge is 0.399 e. The predicted molar refractivity (Wildman–Crippen MR) is 133 cm³/mol. The van der Waals surface area contributed by atoms with Gasteiger partial charge in [0.05, 0.1) is 0 Å². The van der Waals surface area contributed by atoms with Crippen molar-refractivity contribution in [2.75, 3.05) is 5.73 Å². The lowest BCUT2D eigenvalue weighted by atomic mass is 9.93. The van der Waals surface area contributed by atoms with E-state index in [0.717, 1.165) is 22.4 Å². The van der Waals surface area contributed by atoms with E-state index in [4.69, 9.17) is 5.73 Å². The van der Waals surface area contributed by atoms with Gasteiger partial charge < -0.3 is 5.73 Å². The van der Waals surface area contributed by atoms with E-state index in [1.54, 1.807) is 0 Å². The van der Waals surface area contributed by atoms with Crippen LogP contribution in [0.4, 0.5) is 5.69 Å². The third kappa shape index (κ3) is 6.80. The van der Waals surface area contributed by atoms with Crippen LogP contribution in [-0.4, -0.2) is 0 Å². The number of hydrogen-bond donors (Lipinski definition) is 1. The molecule has 0 unspecified atom stereocenters. The zero-order valence-electron chi connectivity index (χ0n) is 18.8. The summed E-state index contributed by atoms with van der Waals surface area (Å²) < 4.78 is 0. The maximum Gasteiger partial charge on any atom is 0.0320 e. The van der Waals surface area contributed by atoms with E-state index in [-0.39, 0.29) is 0 Å². The highest BCUT2D eigenvalue weighted by Gasteiger charge is 2.07. The summed E-state index contributed by atoms with van der Waals surface area (Å²) in [5.74, 6) is 0. The SMILES string of the molecule is C=C(c1cccc(N)c1)c1ccc(C(=C\C)/C=C/C(/C=C\C)=C/C)c(C)c1.CC. The van der Waals surface area contributed by atoms with Crippen molar-refractivity contribution in [3.63, 3.8) is 0 Å². The van der Waals surface area contributed by atoms with E-state index in [2.05, 4.69) is 82.0 Å². The van der Waals surface area contributed by atoms with Gasteiger partial charge >= 0.3 is 0 Å². The second-order valence-corrected chi connectivity index (χ2v) is 6.50. The Bertz CT molecular complexity index is 937. The van der Waals surface area contributed by atoms with Crippen LogP contribution in [-0.2, 0) is 0 Å². The quantitative estimate of drug-likeness (QED) is 0.394. The molecule has 0 aliphatic rings. The molecule has 0 aliphatic carbocycles. The van der Waals surface area contributed by atoms with E-state index in [0.29, 0.717) is 0 Å². The molecule has 0 fully saturated rings. The van der Waals surface area contributed by atoms with Crippen LogP contribution in [0.25, 0.3) is 11.1 Å². The van der Waals surface area contributed by atoms with Gasteiger partial charge in [-0.1, -0.05) is 87.2 Å². The number of aryl methyl sites for hydroxylation is 1. The molecule has 2 N–H and O–H groups in total. The topological polar surface area (TPSA) is 26.0 Å². The van der Waals surface area contributed by atoms with Gasteiger partial charge in [0, 0.05) is 5.69 Å². The molecular formula is C28H35N. The Kier molecular flexibility index (Phi) is 10.3. The Hall–Kier alpha value is -3.06. The average Bonchev–Trinajstić information content (AvgIpc) is 2.75. The molecule has 2 rings (SSSR count). The highest BCUT2D eigenvalue weighted by atomic mass is 14.5. The van der Waals surface area contributed by atoms with E-state index in [9.17, 15) is 0 Å². The molecule has 0 saturated heterocycles. The minimum absolute atomic E-state index is 0.754. The van der Waals surface area contributed by atoms with E-state index >= 15 is 0 Å². The minimum Gasteiger partial charge on any atom is -0.399 e. The number of hydrogen-bond acceptors (Lipinski definition) is 1. The Morgan fingerprint density at radius 2 is 1.55 bits per heavy atom. The molecule has 0 bridgehead atoms. The van der Waals surface area contributed by atoms with Crippen molar-refractivity contribution in [1.29, 1.82) is 0 Å². The van der Waals surface area contributed by atoms with Crippen molar-refractivity contribution in [3.05, 3.63) is 113 Å². The number of rotatable bonds is 6. The number of anilines is 1. The molecule has 1 heteroatoms. The predicted octanol–water partition coefficient (Wildman–Crippen LogP) is 8.15. The normalized spacial score (nSPS) is 12.2. The lowest BCUT2D eigenvalue weighted by Crippen LogP contribution is -1.93. The van der Waals surface area contributed by atoms with Gasteiger partial charge in [0.15, 0.2) is 0 Å². The summed E-state index contributed by atoms with van der Waals surface area (Å²) in [7, 11) is 0. The third-order valence-electron chi connectivity index (χ3n) is 4.58. The minimum atomic E-state index is 0.754. The van der Waals surface area contributed by atoms with Gasteiger partial charge in [-0.15, -0.1) is 0 Å². The highest BCUT2D eigenvalue weighted by Crippen LogP contribution is 2.28. The molecule has 2 aromatic rings. The van der Waals surface area contributed by atoms with Gasteiger partial charge in [-0.05, 0) is 78.8 Å². The molecule has 29 heavy (non-hydrogen) atoms. The summed E-state index contributed by atoms with van der Waals surface area (Å²) in [6, 6.07) is 14.4. The molecule has 0 amide bonds. The van der Waals surface area contributed by atoms with Crippen LogP contribution in [0, 0.1) is 6.92 Å². The number of allylic oxidation sites excluding steroid dienone is 8. The van der Waals surface area contributed by atoms with E-state index in [1.807, 2.05) is 45.0 Å². The Morgan fingerprint density at radius 3 is 2.10 bits per heavy atom.